The summed E-state index contributed by atoms with van der Waals surface area (Å²) in [5, 5.41) is 0. The van der Waals surface area contributed by atoms with Gasteiger partial charge in [0.15, 0.2) is 5.79 Å². The summed E-state index contributed by atoms with van der Waals surface area (Å²) in [6.07, 6.45) is 0.426. The molecule has 2 nitrogen and oxygen atoms in total. The molecule has 1 heterocycles. The summed E-state index contributed by atoms with van der Waals surface area (Å²) in [5.41, 5.74) is 0. The second-order valence-electron chi connectivity index (χ2n) is 4.68. The minimum Gasteiger partial charge on any atom is -0.344 e. The standard InChI is InChI=1S/C11H22O2/c1-7(2)11(8(3)4)12-9(5)10(6)13-11/h7-10H,1-6H3/t9-,10+. The van der Waals surface area contributed by atoms with E-state index in [0.717, 1.165) is 0 Å². The first kappa shape index (κ1) is 11.0. The molecule has 0 saturated carbocycles. The van der Waals surface area contributed by atoms with Gasteiger partial charge in [0, 0.05) is 11.8 Å². The van der Waals surface area contributed by atoms with Crippen molar-refractivity contribution in [3.05, 3.63) is 0 Å². The fraction of sp³-hybridized carbons (Fsp3) is 1.00. The topological polar surface area (TPSA) is 18.5 Å². The summed E-state index contributed by atoms with van der Waals surface area (Å²) in [7, 11) is 0. The SMILES string of the molecule is CC(C)C1(C(C)C)O[C@@H](C)[C@@H](C)O1. The lowest BCUT2D eigenvalue weighted by molar-refractivity contribution is -0.230. The first-order chi connectivity index (χ1) is 5.90. The summed E-state index contributed by atoms with van der Waals surface area (Å²) in [4.78, 5) is 0. The lowest BCUT2D eigenvalue weighted by Crippen LogP contribution is -2.42. The van der Waals surface area contributed by atoms with Gasteiger partial charge in [-0.3, -0.25) is 0 Å². The number of rotatable bonds is 2. The van der Waals surface area contributed by atoms with Crippen molar-refractivity contribution in [2.24, 2.45) is 11.8 Å². The third-order valence-electron chi connectivity index (χ3n) is 3.01. The number of hydrogen-bond donors (Lipinski definition) is 0. The molecule has 1 aliphatic heterocycles. The van der Waals surface area contributed by atoms with E-state index in [9.17, 15) is 0 Å². The molecule has 0 amide bonds. The zero-order chi connectivity index (χ0) is 10.2. The fourth-order valence-corrected chi connectivity index (χ4v) is 2.01. The van der Waals surface area contributed by atoms with Crippen molar-refractivity contribution < 1.29 is 9.47 Å². The van der Waals surface area contributed by atoms with Gasteiger partial charge in [0.05, 0.1) is 12.2 Å². The van der Waals surface area contributed by atoms with Crippen molar-refractivity contribution >= 4 is 0 Å². The second kappa shape index (κ2) is 3.58. The van der Waals surface area contributed by atoms with Crippen LogP contribution in [0.25, 0.3) is 0 Å². The molecule has 0 radical (unpaired) electrons. The molecular weight excluding hydrogens is 164 g/mol. The van der Waals surface area contributed by atoms with Gasteiger partial charge in [0.25, 0.3) is 0 Å². The molecule has 0 aromatic heterocycles. The molecule has 1 rings (SSSR count). The molecule has 0 unspecified atom stereocenters. The summed E-state index contributed by atoms with van der Waals surface area (Å²) in [6, 6.07) is 0. The van der Waals surface area contributed by atoms with Crippen LogP contribution < -0.4 is 0 Å². The molecule has 0 aromatic carbocycles. The molecule has 1 saturated heterocycles. The normalized spacial score (nSPS) is 33.2. The molecule has 78 valence electrons. The average Bonchev–Trinajstić information content (AvgIpc) is 2.29. The summed E-state index contributed by atoms with van der Waals surface area (Å²) < 4.78 is 11.9. The van der Waals surface area contributed by atoms with Gasteiger partial charge in [-0.2, -0.15) is 0 Å². The van der Waals surface area contributed by atoms with E-state index >= 15 is 0 Å². The Morgan fingerprint density at radius 1 is 0.846 bits per heavy atom. The summed E-state index contributed by atoms with van der Waals surface area (Å²) >= 11 is 0. The zero-order valence-corrected chi connectivity index (χ0v) is 9.63. The van der Waals surface area contributed by atoms with Crippen LogP contribution >= 0.6 is 0 Å². The Kier molecular flexibility index (Phi) is 3.03. The lowest BCUT2D eigenvalue weighted by Gasteiger charge is -2.35. The van der Waals surface area contributed by atoms with Gasteiger partial charge in [-0.15, -0.1) is 0 Å². The average molecular weight is 186 g/mol. The molecule has 0 aromatic rings. The quantitative estimate of drug-likeness (QED) is 0.660. The van der Waals surface area contributed by atoms with Crippen LogP contribution in [-0.2, 0) is 9.47 Å². The van der Waals surface area contributed by atoms with Crippen LogP contribution in [-0.4, -0.2) is 18.0 Å². The van der Waals surface area contributed by atoms with E-state index in [4.69, 9.17) is 9.47 Å². The highest BCUT2D eigenvalue weighted by molar-refractivity contribution is 4.86. The van der Waals surface area contributed by atoms with E-state index < -0.39 is 0 Å². The van der Waals surface area contributed by atoms with Crippen LogP contribution in [0.15, 0.2) is 0 Å². The maximum atomic E-state index is 5.96. The van der Waals surface area contributed by atoms with E-state index in [-0.39, 0.29) is 18.0 Å². The van der Waals surface area contributed by atoms with E-state index in [1.165, 1.54) is 0 Å². The molecule has 0 spiro atoms. The fourth-order valence-electron chi connectivity index (χ4n) is 2.01. The van der Waals surface area contributed by atoms with Crippen molar-refractivity contribution in [1.29, 1.82) is 0 Å². The third-order valence-corrected chi connectivity index (χ3v) is 3.01. The lowest BCUT2D eigenvalue weighted by atomic mass is 9.91. The van der Waals surface area contributed by atoms with Crippen molar-refractivity contribution in [2.75, 3.05) is 0 Å². The van der Waals surface area contributed by atoms with Crippen LogP contribution in [0.4, 0.5) is 0 Å². The van der Waals surface area contributed by atoms with E-state index in [2.05, 4.69) is 41.5 Å². The summed E-state index contributed by atoms with van der Waals surface area (Å²) in [5.74, 6) is 0.443. The maximum Gasteiger partial charge on any atom is 0.173 e. The Hall–Kier alpha value is -0.0800. The monoisotopic (exact) mass is 186 g/mol. The first-order valence-electron chi connectivity index (χ1n) is 5.25. The second-order valence-corrected chi connectivity index (χ2v) is 4.68. The molecular formula is C11H22O2. The molecule has 1 fully saturated rings. The smallest absolute Gasteiger partial charge is 0.173 e. The predicted molar refractivity (Wildman–Crippen MR) is 53.5 cm³/mol. The molecule has 1 aliphatic rings. The molecule has 0 bridgehead atoms. The van der Waals surface area contributed by atoms with Gasteiger partial charge in [-0.05, 0) is 13.8 Å². The highest BCUT2D eigenvalue weighted by atomic mass is 16.8. The highest BCUT2D eigenvalue weighted by Crippen LogP contribution is 2.40. The van der Waals surface area contributed by atoms with Crippen LogP contribution in [0.2, 0.25) is 0 Å². The Bertz CT molecular complexity index is 155. The number of hydrogen-bond acceptors (Lipinski definition) is 2. The zero-order valence-electron chi connectivity index (χ0n) is 9.63. The van der Waals surface area contributed by atoms with Gasteiger partial charge in [0.2, 0.25) is 0 Å². The van der Waals surface area contributed by atoms with Crippen molar-refractivity contribution in [3.63, 3.8) is 0 Å². The van der Waals surface area contributed by atoms with Gasteiger partial charge < -0.3 is 9.47 Å². The molecule has 13 heavy (non-hydrogen) atoms. The Labute approximate surface area is 81.6 Å². The van der Waals surface area contributed by atoms with E-state index in [1.807, 2.05) is 0 Å². The minimum absolute atomic E-state index is 0.213. The first-order valence-corrected chi connectivity index (χ1v) is 5.25. The maximum absolute atomic E-state index is 5.96. The third kappa shape index (κ3) is 1.75. The van der Waals surface area contributed by atoms with E-state index in [0.29, 0.717) is 11.8 Å². The van der Waals surface area contributed by atoms with Gasteiger partial charge >= 0.3 is 0 Å². The molecule has 2 heteroatoms. The van der Waals surface area contributed by atoms with Crippen molar-refractivity contribution in [2.45, 2.75) is 59.5 Å². The van der Waals surface area contributed by atoms with Crippen molar-refractivity contribution in [3.8, 4) is 0 Å². The molecule has 0 aliphatic carbocycles. The Morgan fingerprint density at radius 3 is 1.31 bits per heavy atom. The highest BCUT2D eigenvalue weighted by Gasteiger charge is 2.48. The van der Waals surface area contributed by atoms with Gasteiger partial charge in [-0.1, -0.05) is 27.7 Å². The number of ether oxygens (including phenoxy) is 2. The Balaban J connectivity index is 2.83. The molecule has 2 atom stereocenters. The van der Waals surface area contributed by atoms with Crippen LogP contribution in [0.5, 0.6) is 0 Å². The van der Waals surface area contributed by atoms with Crippen LogP contribution in [0.3, 0.4) is 0 Å². The van der Waals surface area contributed by atoms with Gasteiger partial charge in [0.1, 0.15) is 0 Å². The largest absolute Gasteiger partial charge is 0.344 e. The van der Waals surface area contributed by atoms with Crippen LogP contribution in [0, 0.1) is 11.8 Å². The summed E-state index contributed by atoms with van der Waals surface area (Å²) in [6.45, 7) is 12.8. The minimum atomic E-state index is -0.362. The molecule has 0 N–H and O–H groups in total. The van der Waals surface area contributed by atoms with Crippen molar-refractivity contribution in [1.82, 2.24) is 0 Å². The van der Waals surface area contributed by atoms with Crippen LogP contribution in [0.1, 0.15) is 41.5 Å². The van der Waals surface area contributed by atoms with Gasteiger partial charge in [-0.25, -0.2) is 0 Å². The predicted octanol–water partition coefficient (Wildman–Crippen LogP) is 2.82. The Morgan fingerprint density at radius 2 is 1.15 bits per heavy atom. The van der Waals surface area contributed by atoms with E-state index in [1.54, 1.807) is 0 Å².